The van der Waals surface area contributed by atoms with Gasteiger partial charge in [-0.05, 0) is 18.0 Å². The number of aromatic nitrogens is 2. The average Bonchev–Trinajstić information content (AvgIpc) is 2.69. The molecule has 2 aliphatic heterocycles. The third kappa shape index (κ3) is 2.69. The Labute approximate surface area is 127 Å². The summed E-state index contributed by atoms with van der Waals surface area (Å²) in [5.74, 6) is 0.386. The van der Waals surface area contributed by atoms with Crippen molar-refractivity contribution in [2.24, 2.45) is 0 Å². The second-order valence-corrected chi connectivity index (χ2v) is 7.72. The van der Waals surface area contributed by atoms with Crippen LogP contribution in [0.3, 0.4) is 0 Å². The quantitative estimate of drug-likeness (QED) is 0.793. The SMILES string of the molecule is CN1C[C@@H](Nc2nc(Cl)nc3c2S(=O)(=O)CC3)CCC1=O. The zero-order valence-electron chi connectivity index (χ0n) is 11.5. The minimum absolute atomic E-state index is 0.0357. The summed E-state index contributed by atoms with van der Waals surface area (Å²) in [5.41, 5.74) is 0.470. The molecule has 0 radical (unpaired) electrons. The lowest BCUT2D eigenvalue weighted by Gasteiger charge is -2.30. The van der Waals surface area contributed by atoms with Gasteiger partial charge in [0.05, 0.1) is 11.4 Å². The number of hydrogen-bond donors (Lipinski definition) is 1. The third-order valence-corrected chi connectivity index (χ3v) is 5.76. The van der Waals surface area contributed by atoms with Crippen LogP contribution in [0.25, 0.3) is 0 Å². The number of nitrogens with one attached hydrogen (secondary N) is 1. The predicted molar refractivity (Wildman–Crippen MR) is 77.1 cm³/mol. The Kier molecular flexibility index (Phi) is 3.53. The molecule has 0 saturated carbocycles. The molecule has 1 N–H and O–H groups in total. The van der Waals surface area contributed by atoms with Gasteiger partial charge in [0.15, 0.2) is 9.84 Å². The van der Waals surface area contributed by atoms with Crippen LogP contribution in [0.1, 0.15) is 18.5 Å². The van der Waals surface area contributed by atoms with E-state index in [-0.39, 0.29) is 33.7 Å². The molecule has 0 bridgehead atoms. The van der Waals surface area contributed by atoms with E-state index < -0.39 is 9.84 Å². The number of anilines is 1. The molecule has 0 aliphatic carbocycles. The number of likely N-dealkylation sites (tertiary alicyclic amines) is 1. The Hall–Kier alpha value is -1.41. The Morgan fingerprint density at radius 1 is 1.33 bits per heavy atom. The summed E-state index contributed by atoms with van der Waals surface area (Å²) in [6.07, 6.45) is 1.43. The first-order valence-corrected chi connectivity index (χ1v) is 8.69. The molecule has 0 aromatic carbocycles. The van der Waals surface area contributed by atoms with Crippen molar-refractivity contribution < 1.29 is 13.2 Å². The van der Waals surface area contributed by atoms with Crippen LogP contribution in [-0.2, 0) is 21.1 Å². The van der Waals surface area contributed by atoms with Crippen molar-refractivity contribution in [3.05, 3.63) is 11.0 Å². The number of carbonyl (C=O) groups is 1. The van der Waals surface area contributed by atoms with E-state index in [1.165, 1.54) is 0 Å². The molecular formula is C12H15ClN4O3S. The molecular weight excluding hydrogens is 316 g/mol. The van der Waals surface area contributed by atoms with Crippen LogP contribution < -0.4 is 5.32 Å². The minimum atomic E-state index is -3.35. The van der Waals surface area contributed by atoms with Crippen LogP contribution in [0.4, 0.5) is 5.82 Å². The average molecular weight is 331 g/mol. The molecule has 3 rings (SSSR count). The highest BCUT2D eigenvalue weighted by Crippen LogP contribution is 2.32. The van der Waals surface area contributed by atoms with Gasteiger partial charge >= 0.3 is 0 Å². The molecule has 1 aromatic heterocycles. The second-order valence-electron chi connectivity index (χ2n) is 5.34. The van der Waals surface area contributed by atoms with E-state index in [1.807, 2.05) is 0 Å². The van der Waals surface area contributed by atoms with Crippen molar-refractivity contribution in [3.8, 4) is 0 Å². The van der Waals surface area contributed by atoms with E-state index in [9.17, 15) is 13.2 Å². The maximum atomic E-state index is 12.1. The zero-order chi connectivity index (χ0) is 15.2. The largest absolute Gasteiger partial charge is 0.364 e. The zero-order valence-corrected chi connectivity index (χ0v) is 13.0. The number of halogens is 1. The highest BCUT2D eigenvalue weighted by molar-refractivity contribution is 7.91. The number of amides is 1. The van der Waals surface area contributed by atoms with Crippen molar-refractivity contribution in [3.63, 3.8) is 0 Å². The van der Waals surface area contributed by atoms with Crippen LogP contribution >= 0.6 is 11.6 Å². The summed E-state index contributed by atoms with van der Waals surface area (Å²) in [4.78, 5) is 21.3. The summed E-state index contributed by atoms with van der Waals surface area (Å²) in [6.45, 7) is 0.509. The molecule has 2 aliphatic rings. The number of likely N-dealkylation sites (N-methyl/N-ethyl adjacent to an activating group) is 1. The molecule has 1 aromatic rings. The molecule has 1 amide bonds. The summed E-state index contributed by atoms with van der Waals surface area (Å²) in [6, 6.07) is -0.0430. The number of fused-ring (bicyclic) bond motifs is 1. The highest BCUT2D eigenvalue weighted by Gasteiger charge is 2.34. The highest BCUT2D eigenvalue weighted by atomic mass is 35.5. The lowest BCUT2D eigenvalue weighted by Crippen LogP contribution is -2.43. The minimum Gasteiger partial charge on any atom is -0.364 e. The van der Waals surface area contributed by atoms with Gasteiger partial charge in [0.25, 0.3) is 0 Å². The van der Waals surface area contributed by atoms with Crippen molar-refractivity contribution >= 4 is 33.2 Å². The van der Waals surface area contributed by atoms with Gasteiger partial charge in [0, 0.05) is 32.5 Å². The molecule has 1 saturated heterocycles. The Bertz CT molecular complexity index is 707. The Balaban J connectivity index is 1.92. The standard InChI is InChI=1S/C12H15ClN4O3S/c1-17-6-7(2-3-9(17)18)14-11-10-8(15-12(13)16-11)4-5-21(10,19)20/h7H,2-6H2,1H3,(H,14,15,16)/t7-/m0/s1. The predicted octanol–water partition coefficient (Wildman–Crippen LogP) is 0.492. The summed E-state index contributed by atoms with van der Waals surface area (Å²) >= 11 is 5.87. The van der Waals surface area contributed by atoms with Crippen molar-refractivity contribution in [2.75, 3.05) is 24.7 Å². The first-order chi connectivity index (χ1) is 9.87. The first-order valence-electron chi connectivity index (χ1n) is 6.66. The summed E-state index contributed by atoms with van der Waals surface area (Å²) in [5, 5.41) is 3.16. The summed E-state index contributed by atoms with van der Waals surface area (Å²) in [7, 11) is -1.63. The number of nitrogens with zero attached hydrogens (tertiary/aromatic N) is 3. The summed E-state index contributed by atoms with van der Waals surface area (Å²) < 4.78 is 24.2. The topological polar surface area (TPSA) is 92.3 Å². The number of hydrogen-bond acceptors (Lipinski definition) is 6. The van der Waals surface area contributed by atoms with Crippen LogP contribution in [-0.4, -0.2) is 54.6 Å². The molecule has 1 fully saturated rings. The van der Waals surface area contributed by atoms with Gasteiger partial charge in [-0.3, -0.25) is 4.79 Å². The molecule has 7 nitrogen and oxygen atoms in total. The van der Waals surface area contributed by atoms with Gasteiger partial charge in [0.2, 0.25) is 11.2 Å². The maximum Gasteiger partial charge on any atom is 0.224 e. The number of sulfone groups is 1. The molecule has 9 heteroatoms. The molecule has 0 unspecified atom stereocenters. The smallest absolute Gasteiger partial charge is 0.224 e. The lowest BCUT2D eigenvalue weighted by atomic mass is 10.1. The fourth-order valence-corrected chi connectivity index (χ4v) is 4.48. The van der Waals surface area contributed by atoms with E-state index in [1.54, 1.807) is 11.9 Å². The van der Waals surface area contributed by atoms with Gasteiger partial charge in [-0.15, -0.1) is 0 Å². The molecule has 0 spiro atoms. The van der Waals surface area contributed by atoms with E-state index >= 15 is 0 Å². The maximum absolute atomic E-state index is 12.1. The van der Waals surface area contributed by atoms with Crippen molar-refractivity contribution in [2.45, 2.75) is 30.2 Å². The van der Waals surface area contributed by atoms with E-state index in [4.69, 9.17) is 11.6 Å². The fourth-order valence-electron chi connectivity index (χ4n) is 2.72. The van der Waals surface area contributed by atoms with Crippen molar-refractivity contribution in [1.82, 2.24) is 14.9 Å². The number of rotatable bonds is 2. The van der Waals surface area contributed by atoms with Gasteiger partial charge in [0.1, 0.15) is 10.7 Å². The molecule has 21 heavy (non-hydrogen) atoms. The van der Waals surface area contributed by atoms with Gasteiger partial charge < -0.3 is 10.2 Å². The van der Waals surface area contributed by atoms with Crippen LogP contribution in [0.5, 0.6) is 0 Å². The third-order valence-electron chi connectivity index (χ3n) is 3.79. The normalized spacial score (nSPS) is 24.0. The van der Waals surface area contributed by atoms with E-state index in [0.717, 1.165) is 0 Å². The number of carbonyl (C=O) groups excluding carboxylic acids is 1. The van der Waals surface area contributed by atoms with Crippen molar-refractivity contribution in [1.29, 1.82) is 0 Å². The van der Waals surface area contributed by atoms with Gasteiger partial charge in [-0.25, -0.2) is 13.4 Å². The van der Waals surface area contributed by atoms with E-state index in [0.29, 0.717) is 31.5 Å². The van der Waals surface area contributed by atoms with Crippen LogP contribution in [0.2, 0.25) is 5.28 Å². The fraction of sp³-hybridized carbons (Fsp3) is 0.583. The Morgan fingerprint density at radius 3 is 2.81 bits per heavy atom. The van der Waals surface area contributed by atoms with Crippen LogP contribution in [0.15, 0.2) is 4.90 Å². The molecule has 114 valence electrons. The first kappa shape index (κ1) is 14.5. The second kappa shape index (κ2) is 5.10. The molecule has 3 heterocycles. The van der Waals surface area contributed by atoms with Gasteiger partial charge in [-0.2, -0.15) is 4.98 Å². The van der Waals surface area contributed by atoms with Crippen LogP contribution in [0, 0.1) is 0 Å². The van der Waals surface area contributed by atoms with E-state index in [2.05, 4.69) is 15.3 Å². The van der Waals surface area contributed by atoms with Gasteiger partial charge in [-0.1, -0.05) is 0 Å². The Morgan fingerprint density at radius 2 is 2.10 bits per heavy atom. The lowest BCUT2D eigenvalue weighted by molar-refractivity contribution is -0.132. The number of piperidine rings is 1. The molecule has 1 atom stereocenters. The number of aryl methyl sites for hydroxylation is 1. The monoisotopic (exact) mass is 330 g/mol.